The number of benzene rings is 1. The summed E-state index contributed by atoms with van der Waals surface area (Å²) in [5, 5.41) is 6.07. The summed E-state index contributed by atoms with van der Waals surface area (Å²) < 4.78 is 0. The standard InChI is InChI=1S/C15H23N3/c1-12(2)14-8-6-7-9-15(14)18(5)13(3)17-11-10-16-4/h6-12,16-17H,3H2,1-2,4-5H3/b11-10-. The molecule has 2 N–H and O–H groups in total. The molecular formula is C15H23N3. The predicted octanol–water partition coefficient (Wildman–Crippen LogP) is 3.00. The second kappa shape index (κ2) is 6.74. The first kappa shape index (κ1) is 14.2. The van der Waals surface area contributed by atoms with E-state index in [1.54, 1.807) is 0 Å². The molecular weight excluding hydrogens is 222 g/mol. The Morgan fingerprint density at radius 2 is 1.94 bits per heavy atom. The lowest BCUT2D eigenvalue weighted by atomic mass is 10.0. The van der Waals surface area contributed by atoms with Crippen molar-refractivity contribution in [1.29, 1.82) is 0 Å². The molecule has 1 aromatic rings. The van der Waals surface area contributed by atoms with E-state index in [0.717, 1.165) is 5.82 Å². The van der Waals surface area contributed by atoms with Crippen LogP contribution in [0.4, 0.5) is 5.69 Å². The van der Waals surface area contributed by atoms with Gasteiger partial charge in [0.05, 0.1) is 0 Å². The fourth-order valence-electron chi connectivity index (χ4n) is 1.74. The maximum atomic E-state index is 4.04. The summed E-state index contributed by atoms with van der Waals surface area (Å²) in [5.74, 6) is 1.33. The van der Waals surface area contributed by atoms with Crippen LogP contribution in [0.25, 0.3) is 0 Å². The highest BCUT2D eigenvalue weighted by Gasteiger charge is 2.11. The first-order valence-electron chi connectivity index (χ1n) is 6.18. The average Bonchev–Trinajstić information content (AvgIpc) is 2.38. The van der Waals surface area contributed by atoms with Gasteiger partial charge in [0.25, 0.3) is 0 Å². The molecule has 3 heteroatoms. The van der Waals surface area contributed by atoms with Gasteiger partial charge in [0.1, 0.15) is 5.82 Å². The van der Waals surface area contributed by atoms with Crippen molar-refractivity contribution in [3.05, 3.63) is 54.6 Å². The quantitative estimate of drug-likeness (QED) is 0.807. The minimum Gasteiger partial charge on any atom is -0.393 e. The van der Waals surface area contributed by atoms with E-state index >= 15 is 0 Å². The summed E-state index contributed by atoms with van der Waals surface area (Å²) in [7, 11) is 3.88. The maximum Gasteiger partial charge on any atom is 0.102 e. The van der Waals surface area contributed by atoms with E-state index in [4.69, 9.17) is 0 Å². The van der Waals surface area contributed by atoms with E-state index in [2.05, 4.69) is 60.2 Å². The molecule has 0 aromatic heterocycles. The van der Waals surface area contributed by atoms with E-state index in [1.807, 2.05) is 26.5 Å². The van der Waals surface area contributed by atoms with Crippen molar-refractivity contribution in [3.63, 3.8) is 0 Å². The highest BCUT2D eigenvalue weighted by molar-refractivity contribution is 5.57. The predicted molar refractivity (Wildman–Crippen MR) is 79.4 cm³/mol. The number of nitrogens with one attached hydrogen (secondary N) is 2. The molecule has 1 aromatic carbocycles. The van der Waals surface area contributed by atoms with Gasteiger partial charge in [-0.1, -0.05) is 38.6 Å². The zero-order valence-electron chi connectivity index (χ0n) is 11.7. The van der Waals surface area contributed by atoms with Gasteiger partial charge in [-0.05, 0) is 17.5 Å². The molecule has 0 radical (unpaired) electrons. The van der Waals surface area contributed by atoms with Gasteiger partial charge in [-0.15, -0.1) is 0 Å². The summed E-state index contributed by atoms with van der Waals surface area (Å²) in [6, 6.07) is 8.40. The fourth-order valence-corrected chi connectivity index (χ4v) is 1.74. The second-order valence-electron chi connectivity index (χ2n) is 4.49. The number of para-hydroxylation sites is 1. The van der Waals surface area contributed by atoms with Crippen LogP contribution < -0.4 is 15.5 Å². The number of hydrogen-bond donors (Lipinski definition) is 2. The van der Waals surface area contributed by atoms with Crippen LogP contribution in [0.15, 0.2) is 49.1 Å². The van der Waals surface area contributed by atoms with Crippen molar-refractivity contribution in [3.8, 4) is 0 Å². The third-order valence-electron chi connectivity index (χ3n) is 2.82. The molecule has 0 unspecified atom stereocenters. The van der Waals surface area contributed by atoms with Crippen molar-refractivity contribution in [2.75, 3.05) is 19.0 Å². The summed E-state index contributed by atoms with van der Waals surface area (Å²) in [5.41, 5.74) is 2.50. The first-order valence-corrected chi connectivity index (χ1v) is 6.18. The molecule has 1 rings (SSSR count). The smallest absolute Gasteiger partial charge is 0.102 e. The Morgan fingerprint density at radius 3 is 2.56 bits per heavy atom. The van der Waals surface area contributed by atoms with E-state index in [9.17, 15) is 0 Å². The minimum atomic E-state index is 0.490. The molecule has 0 aliphatic carbocycles. The summed E-state index contributed by atoms with van der Waals surface area (Å²) in [6.45, 7) is 8.44. The summed E-state index contributed by atoms with van der Waals surface area (Å²) >= 11 is 0. The van der Waals surface area contributed by atoms with Crippen molar-refractivity contribution in [2.24, 2.45) is 0 Å². The monoisotopic (exact) mass is 245 g/mol. The number of anilines is 1. The van der Waals surface area contributed by atoms with Gasteiger partial charge in [-0.2, -0.15) is 0 Å². The molecule has 3 nitrogen and oxygen atoms in total. The fraction of sp³-hybridized carbons (Fsp3) is 0.333. The van der Waals surface area contributed by atoms with Crippen LogP contribution in [0.5, 0.6) is 0 Å². The number of rotatable bonds is 6. The Kier molecular flexibility index (Phi) is 5.31. The SMILES string of the molecule is C=C(N/C=C\NC)N(C)c1ccccc1C(C)C. The lowest BCUT2D eigenvalue weighted by molar-refractivity contribution is 0.849. The highest BCUT2D eigenvalue weighted by Crippen LogP contribution is 2.27. The van der Waals surface area contributed by atoms with Crippen LogP contribution >= 0.6 is 0 Å². The van der Waals surface area contributed by atoms with E-state index < -0.39 is 0 Å². The van der Waals surface area contributed by atoms with Crippen LogP contribution in [0.2, 0.25) is 0 Å². The first-order chi connectivity index (χ1) is 8.57. The maximum absolute atomic E-state index is 4.04. The Morgan fingerprint density at radius 1 is 1.28 bits per heavy atom. The number of nitrogens with zero attached hydrogens (tertiary/aromatic N) is 1. The van der Waals surface area contributed by atoms with Crippen LogP contribution in [0, 0.1) is 0 Å². The van der Waals surface area contributed by atoms with Crippen LogP contribution in [-0.2, 0) is 0 Å². The van der Waals surface area contributed by atoms with Crippen LogP contribution in [0.3, 0.4) is 0 Å². The highest BCUT2D eigenvalue weighted by atomic mass is 15.2. The Labute approximate surface area is 110 Å². The third kappa shape index (κ3) is 3.55. The van der Waals surface area contributed by atoms with Crippen LogP contribution in [-0.4, -0.2) is 14.1 Å². The molecule has 0 amide bonds. The molecule has 98 valence electrons. The molecule has 0 aliphatic rings. The van der Waals surface area contributed by atoms with Crippen molar-refractivity contribution >= 4 is 5.69 Å². The molecule has 0 aliphatic heterocycles. The van der Waals surface area contributed by atoms with E-state index in [0.29, 0.717) is 5.92 Å². The molecule has 0 saturated carbocycles. The van der Waals surface area contributed by atoms with Crippen molar-refractivity contribution in [1.82, 2.24) is 10.6 Å². The van der Waals surface area contributed by atoms with Crippen molar-refractivity contribution < 1.29 is 0 Å². The lowest BCUT2D eigenvalue weighted by Crippen LogP contribution is -2.25. The van der Waals surface area contributed by atoms with Gasteiger partial charge in [-0.25, -0.2) is 0 Å². The zero-order chi connectivity index (χ0) is 13.5. The molecule has 18 heavy (non-hydrogen) atoms. The molecule has 0 fully saturated rings. The van der Waals surface area contributed by atoms with E-state index in [-0.39, 0.29) is 0 Å². The summed E-state index contributed by atoms with van der Waals surface area (Å²) in [4.78, 5) is 2.06. The van der Waals surface area contributed by atoms with Crippen LogP contribution in [0.1, 0.15) is 25.3 Å². The van der Waals surface area contributed by atoms with Crippen molar-refractivity contribution in [2.45, 2.75) is 19.8 Å². The normalized spacial score (nSPS) is 10.7. The molecule has 0 atom stereocenters. The lowest BCUT2D eigenvalue weighted by Gasteiger charge is -2.25. The van der Waals surface area contributed by atoms with Gasteiger partial charge in [-0.3, -0.25) is 0 Å². The van der Waals surface area contributed by atoms with Gasteiger partial charge >= 0.3 is 0 Å². The Balaban J connectivity index is 2.86. The third-order valence-corrected chi connectivity index (χ3v) is 2.82. The van der Waals surface area contributed by atoms with Gasteiger partial charge in [0.15, 0.2) is 0 Å². The number of hydrogen-bond acceptors (Lipinski definition) is 3. The Bertz CT molecular complexity index is 422. The second-order valence-corrected chi connectivity index (χ2v) is 4.49. The topological polar surface area (TPSA) is 27.3 Å². The molecule has 0 bridgehead atoms. The minimum absolute atomic E-state index is 0.490. The average molecular weight is 245 g/mol. The molecule has 0 saturated heterocycles. The molecule has 0 heterocycles. The van der Waals surface area contributed by atoms with E-state index in [1.165, 1.54) is 11.3 Å². The zero-order valence-corrected chi connectivity index (χ0v) is 11.7. The van der Waals surface area contributed by atoms with Gasteiger partial charge in [0.2, 0.25) is 0 Å². The largest absolute Gasteiger partial charge is 0.393 e. The Hall–Kier alpha value is -1.90. The molecule has 0 spiro atoms. The van der Waals surface area contributed by atoms with Gasteiger partial charge in [0, 0.05) is 32.2 Å². The summed E-state index contributed by atoms with van der Waals surface area (Å²) in [6.07, 6.45) is 3.66. The van der Waals surface area contributed by atoms with Gasteiger partial charge < -0.3 is 15.5 Å².